The third kappa shape index (κ3) is 7.06. The van der Waals surface area contributed by atoms with Crippen LogP contribution in [0.25, 0.3) is 11.1 Å². The zero-order valence-corrected chi connectivity index (χ0v) is 17.4. The number of nitrogens with zero attached hydrogens (tertiary/aromatic N) is 6. The molecular weight excluding hydrogens is 364 g/mol. The van der Waals surface area contributed by atoms with Crippen LogP contribution in [-0.4, -0.2) is 48.0 Å². The van der Waals surface area contributed by atoms with Crippen LogP contribution < -0.4 is 0 Å². The molecular formula is C18H22N6S2. The summed E-state index contributed by atoms with van der Waals surface area (Å²) in [6, 6.07) is 4.26. The van der Waals surface area contributed by atoms with Crippen molar-refractivity contribution in [2.75, 3.05) is 28.2 Å². The number of rotatable bonds is 4. The first-order valence-electron chi connectivity index (χ1n) is 7.68. The Bertz CT molecular complexity index is 787. The van der Waals surface area contributed by atoms with Gasteiger partial charge in [0, 0.05) is 62.7 Å². The van der Waals surface area contributed by atoms with E-state index in [0.717, 1.165) is 21.4 Å². The summed E-state index contributed by atoms with van der Waals surface area (Å²) < 4.78 is 0. The van der Waals surface area contributed by atoms with Gasteiger partial charge >= 0.3 is 0 Å². The number of allylic oxidation sites excluding steroid dienone is 2. The highest BCUT2D eigenvalue weighted by Gasteiger charge is 2.05. The Balaban J connectivity index is 0.000000260. The molecule has 2 rings (SSSR count). The lowest BCUT2D eigenvalue weighted by molar-refractivity contribution is 0.566. The average molecular weight is 387 g/mol. The SMILES string of the molecule is Cc1csc(/C(C#N)=C/N(C)C)n1.Cc1csc(/C(C#N)=C/N(C)C)n1. The van der Waals surface area contributed by atoms with E-state index in [1.807, 2.05) is 62.6 Å². The molecule has 0 aromatic carbocycles. The first-order valence-corrected chi connectivity index (χ1v) is 9.44. The Morgan fingerprint density at radius 2 is 1.19 bits per heavy atom. The van der Waals surface area contributed by atoms with Gasteiger partial charge in [-0.05, 0) is 13.8 Å². The molecule has 26 heavy (non-hydrogen) atoms. The average Bonchev–Trinajstić information content (AvgIpc) is 3.19. The summed E-state index contributed by atoms with van der Waals surface area (Å²) in [6.07, 6.45) is 3.55. The molecule has 0 fully saturated rings. The summed E-state index contributed by atoms with van der Waals surface area (Å²) in [5.41, 5.74) is 3.14. The summed E-state index contributed by atoms with van der Waals surface area (Å²) in [5, 5.41) is 23.2. The molecule has 0 N–H and O–H groups in total. The van der Waals surface area contributed by atoms with Gasteiger partial charge in [0.25, 0.3) is 0 Å². The van der Waals surface area contributed by atoms with Crippen LogP contribution in [0.15, 0.2) is 23.2 Å². The molecule has 0 aliphatic carbocycles. The zero-order chi connectivity index (χ0) is 19.7. The quantitative estimate of drug-likeness (QED) is 0.745. The van der Waals surface area contributed by atoms with Crippen molar-refractivity contribution in [2.45, 2.75) is 13.8 Å². The molecule has 136 valence electrons. The van der Waals surface area contributed by atoms with Crippen LogP contribution in [0, 0.1) is 36.5 Å². The maximum absolute atomic E-state index is 8.86. The highest BCUT2D eigenvalue weighted by Crippen LogP contribution is 2.19. The fourth-order valence-corrected chi connectivity index (χ4v) is 3.25. The number of nitriles is 2. The lowest BCUT2D eigenvalue weighted by atomic mass is 10.3. The maximum Gasteiger partial charge on any atom is 0.135 e. The van der Waals surface area contributed by atoms with Gasteiger partial charge in [0.05, 0.1) is 0 Å². The first-order chi connectivity index (χ1) is 12.3. The van der Waals surface area contributed by atoms with Gasteiger partial charge in [0.1, 0.15) is 33.3 Å². The Morgan fingerprint density at radius 1 is 0.846 bits per heavy atom. The van der Waals surface area contributed by atoms with Crippen molar-refractivity contribution in [2.24, 2.45) is 0 Å². The summed E-state index contributed by atoms with van der Waals surface area (Å²) in [4.78, 5) is 12.2. The predicted molar refractivity (Wildman–Crippen MR) is 108 cm³/mol. The van der Waals surface area contributed by atoms with Crippen molar-refractivity contribution in [3.63, 3.8) is 0 Å². The van der Waals surface area contributed by atoms with Crippen LogP contribution in [-0.2, 0) is 0 Å². The van der Waals surface area contributed by atoms with E-state index in [4.69, 9.17) is 10.5 Å². The van der Waals surface area contributed by atoms with Gasteiger partial charge in [-0.15, -0.1) is 22.7 Å². The third-order valence-electron chi connectivity index (χ3n) is 2.71. The van der Waals surface area contributed by atoms with Crippen LogP contribution in [0.3, 0.4) is 0 Å². The predicted octanol–water partition coefficient (Wildman–Crippen LogP) is 3.76. The van der Waals surface area contributed by atoms with Crippen LogP contribution in [0.4, 0.5) is 0 Å². The number of thiazole rings is 2. The summed E-state index contributed by atoms with van der Waals surface area (Å²) in [5.74, 6) is 0. The molecule has 0 aliphatic rings. The minimum atomic E-state index is 0.614. The fraction of sp³-hybridized carbons (Fsp3) is 0.333. The normalized spacial score (nSPS) is 11.1. The van der Waals surface area contributed by atoms with Gasteiger partial charge in [-0.1, -0.05) is 0 Å². The lowest BCUT2D eigenvalue weighted by Crippen LogP contribution is -2.02. The van der Waals surface area contributed by atoms with Gasteiger partial charge < -0.3 is 9.80 Å². The second kappa shape index (κ2) is 10.3. The highest BCUT2D eigenvalue weighted by molar-refractivity contribution is 7.11. The number of hydrogen-bond donors (Lipinski definition) is 0. The largest absolute Gasteiger partial charge is 0.382 e. The molecule has 0 spiro atoms. The lowest BCUT2D eigenvalue weighted by Gasteiger charge is -2.03. The van der Waals surface area contributed by atoms with Crippen molar-refractivity contribution in [3.8, 4) is 12.1 Å². The van der Waals surface area contributed by atoms with E-state index in [1.54, 1.807) is 12.4 Å². The smallest absolute Gasteiger partial charge is 0.135 e. The van der Waals surface area contributed by atoms with E-state index >= 15 is 0 Å². The van der Waals surface area contributed by atoms with Gasteiger partial charge in [-0.3, -0.25) is 0 Å². The molecule has 2 aromatic rings. The molecule has 8 heteroatoms. The summed E-state index contributed by atoms with van der Waals surface area (Å²) in [6.45, 7) is 3.84. The van der Waals surface area contributed by atoms with Crippen molar-refractivity contribution >= 4 is 33.8 Å². The third-order valence-corrected chi connectivity index (χ3v) is 4.70. The molecule has 0 saturated carbocycles. The van der Waals surface area contributed by atoms with Crippen LogP contribution in [0.2, 0.25) is 0 Å². The van der Waals surface area contributed by atoms with E-state index in [9.17, 15) is 0 Å². The maximum atomic E-state index is 8.86. The Labute approximate surface area is 163 Å². The van der Waals surface area contributed by atoms with E-state index in [-0.39, 0.29) is 0 Å². The Hall–Kier alpha value is -2.68. The van der Waals surface area contributed by atoms with Gasteiger partial charge in [0.15, 0.2) is 0 Å². The van der Waals surface area contributed by atoms with Crippen molar-refractivity contribution < 1.29 is 0 Å². The van der Waals surface area contributed by atoms with Crippen LogP contribution in [0.5, 0.6) is 0 Å². The standard InChI is InChI=1S/2C9H11N3S/c2*1-7-6-13-9(11-7)8(4-10)5-12(2)3/h2*5-6H,1-3H3/b2*8-5+. The molecule has 0 atom stereocenters. The molecule has 0 radical (unpaired) electrons. The van der Waals surface area contributed by atoms with Crippen molar-refractivity contribution in [3.05, 3.63) is 44.6 Å². The molecule has 0 aliphatic heterocycles. The molecule has 6 nitrogen and oxygen atoms in total. The van der Waals surface area contributed by atoms with Gasteiger partial charge in [-0.2, -0.15) is 10.5 Å². The Morgan fingerprint density at radius 3 is 1.38 bits per heavy atom. The Kier molecular flexibility index (Phi) is 8.50. The van der Waals surface area contributed by atoms with E-state index in [2.05, 4.69) is 22.1 Å². The fourth-order valence-electron chi connectivity index (χ4n) is 1.74. The number of aryl methyl sites for hydroxylation is 2. The second-order valence-electron chi connectivity index (χ2n) is 5.82. The van der Waals surface area contributed by atoms with Crippen LogP contribution in [0.1, 0.15) is 21.4 Å². The molecule has 0 amide bonds. The van der Waals surface area contributed by atoms with E-state index in [0.29, 0.717) is 11.1 Å². The molecule has 0 saturated heterocycles. The van der Waals surface area contributed by atoms with E-state index < -0.39 is 0 Å². The molecule has 2 heterocycles. The molecule has 2 aromatic heterocycles. The highest BCUT2D eigenvalue weighted by atomic mass is 32.1. The van der Waals surface area contributed by atoms with Crippen molar-refractivity contribution in [1.82, 2.24) is 19.8 Å². The molecule has 0 bridgehead atoms. The number of hydrogen-bond acceptors (Lipinski definition) is 8. The zero-order valence-electron chi connectivity index (χ0n) is 15.8. The van der Waals surface area contributed by atoms with Crippen LogP contribution >= 0.6 is 22.7 Å². The van der Waals surface area contributed by atoms with Gasteiger partial charge in [0.2, 0.25) is 0 Å². The van der Waals surface area contributed by atoms with Gasteiger partial charge in [-0.25, -0.2) is 9.97 Å². The monoisotopic (exact) mass is 386 g/mol. The first kappa shape index (κ1) is 21.4. The topological polar surface area (TPSA) is 79.8 Å². The number of aromatic nitrogens is 2. The minimum absolute atomic E-state index is 0.614. The minimum Gasteiger partial charge on any atom is -0.382 e. The summed E-state index contributed by atoms with van der Waals surface area (Å²) in [7, 11) is 7.55. The molecule has 0 unspecified atom stereocenters. The summed E-state index contributed by atoms with van der Waals surface area (Å²) >= 11 is 2.99. The van der Waals surface area contributed by atoms with Crippen molar-refractivity contribution in [1.29, 1.82) is 10.5 Å². The second-order valence-corrected chi connectivity index (χ2v) is 7.54. The van der Waals surface area contributed by atoms with E-state index in [1.165, 1.54) is 22.7 Å².